The smallest absolute Gasteiger partial charge is 0.254 e. The van der Waals surface area contributed by atoms with Gasteiger partial charge in [0.2, 0.25) is 0 Å². The molecule has 5 nitrogen and oxygen atoms in total. The largest absolute Gasteiger partial charge is 0.372 e. The van der Waals surface area contributed by atoms with Crippen molar-refractivity contribution in [1.82, 2.24) is 9.88 Å². The number of hydrogen-bond acceptors (Lipinski definition) is 4. The highest BCUT2D eigenvalue weighted by Crippen LogP contribution is 2.26. The molecule has 2 aromatic rings. The van der Waals surface area contributed by atoms with Crippen LogP contribution in [0.3, 0.4) is 0 Å². The van der Waals surface area contributed by atoms with Crippen molar-refractivity contribution in [3.8, 4) is 6.07 Å². The van der Waals surface area contributed by atoms with Gasteiger partial charge in [0.15, 0.2) is 0 Å². The molecule has 0 aliphatic carbocycles. The molecular formula is C21H21N3O2. The number of pyridine rings is 1. The van der Waals surface area contributed by atoms with Gasteiger partial charge in [-0.2, -0.15) is 5.26 Å². The topological polar surface area (TPSA) is 66.2 Å². The maximum absolute atomic E-state index is 13.0. The molecule has 0 unspecified atom stereocenters. The predicted molar refractivity (Wildman–Crippen MR) is 98.5 cm³/mol. The third-order valence-corrected chi connectivity index (χ3v) is 4.63. The second-order valence-corrected chi connectivity index (χ2v) is 6.26. The van der Waals surface area contributed by atoms with Gasteiger partial charge in [-0.25, -0.2) is 0 Å². The predicted octanol–water partition coefficient (Wildman–Crippen LogP) is 2.98. The molecule has 1 fully saturated rings. The number of ether oxygens (including phenoxy) is 1. The highest BCUT2D eigenvalue weighted by Gasteiger charge is 2.37. The zero-order chi connectivity index (χ0) is 18.4. The molecule has 2 heterocycles. The molecule has 1 aliphatic rings. The molecule has 0 radical (unpaired) electrons. The third kappa shape index (κ3) is 3.98. The monoisotopic (exact) mass is 347 g/mol. The van der Waals surface area contributed by atoms with Crippen molar-refractivity contribution in [2.75, 3.05) is 13.2 Å². The number of likely N-dealkylation sites (tertiary alicyclic amines) is 1. The maximum atomic E-state index is 13.0. The molecule has 3 rings (SSSR count). The summed E-state index contributed by atoms with van der Waals surface area (Å²) in [4.78, 5) is 19.0. The quantitative estimate of drug-likeness (QED) is 0.754. The highest BCUT2D eigenvalue weighted by molar-refractivity contribution is 5.94. The molecule has 0 bridgehead atoms. The van der Waals surface area contributed by atoms with Crippen LogP contribution in [-0.2, 0) is 11.2 Å². The Labute approximate surface area is 153 Å². The summed E-state index contributed by atoms with van der Waals surface area (Å²) in [6, 6.07) is 12.7. The number of amides is 1. The molecule has 5 heteroatoms. The van der Waals surface area contributed by atoms with E-state index in [2.05, 4.69) is 17.6 Å². The van der Waals surface area contributed by atoms with Gasteiger partial charge in [0.1, 0.15) is 0 Å². The number of hydrogen-bond donors (Lipinski definition) is 0. The van der Waals surface area contributed by atoms with E-state index in [1.807, 2.05) is 17.0 Å². The average molecular weight is 347 g/mol. The van der Waals surface area contributed by atoms with Crippen LogP contribution in [0.15, 0.2) is 61.4 Å². The zero-order valence-corrected chi connectivity index (χ0v) is 14.5. The molecule has 1 aromatic carbocycles. The van der Waals surface area contributed by atoms with Crippen LogP contribution in [0.25, 0.3) is 0 Å². The van der Waals surface area contributed by atoms with Crippen LogP contribution >= 0.6 is 0 Å². The van der Waals surface area contributed by atoms with E-state index >= 15 is 0 Å². The third-order valence-electron chi connectivity index (χ3n) is 4.63. The number of aromatic nitrogens is 1. The standard InChI is InChI=1S/C21H21N3O2/c1-2-13-26-20-9-12-24(19(20)14-16-7-10-23-11-8-16)21(25)18-5-3-17(15-22)4-6-18/h2-8,10-11,19-20H,1,9,12-14H2/t19-,20-/m1/s1. The summed E-state index contributed by atoms with van der Waals surface area (Å²) in [5, 5.41) is 8.93. The second-order valence-electron chi connectivity index (χ2n) is 6.26. The Bertz CT molecular complexity index is 796. The van der Waals surface area contributed by atoms with Gasteiger partial charge < -0.3 is 9.64 Å². The van der Waals surface area contributed by atoms with Gasteiger partial charge in [-0.1, -0.05) is 6.08 Å². The number of nitrogens with zero attached hydrogens (tertiary/aromatic N) is 3. The van der Waals surface area contributed by atoms with Crippen LogP contribution in [0.2, 0.25) is 0 Å². The fraction of sp³-hybridized carbons (Fsp3) is 0.286. The average Bonchev–Trinajstić information content (AvgIpc) is 3.09. The van der Waals surface area contributed by atoms with Crippen LogP contribution in [0, 0.1) is 11.3 Å². The van der Waals surface area contributed by atoms with E-state index in [-0.39, 0.29) is 18.1 Å². The molecule has 1 aromatic heterocycles. The van der Waals surface area contributed by atoms with Crippen molar-refractivity contribution in [3.05, 3.63) is 78.1 Å². The first-order valence-corrected chi connectivity index (χ1v) is 8.65. The molecular weight excluding hydrogens is 326 g/mol. The summed E-state index contributed by atoms with van der Waals surface area (Å²) in [6.07, 6.45) is 6.74. The van der Waals surface area contributed by atoms with E-state index in [9.17, 15) is 4.79 Å². The number of carbonyl (C=O) groups excluding carboxylic acids is 1. The molecule has 1 saturated heterocycles. The number of rotatable bonds is 6. The van der Waals surface area contributed by atoms with E-state index in [0.29, 0.717) is 30.7 Å². The van der Waals surface area contributed by atoms with Crippen molar-refractivity contribution in [2.24, 2.45) is 0 Å². The Kier molecular flexibility index (Phi) is 5.77. The molecule has 2 atom stereocenters. The zero-order valence-electron chi connectivity index (χ0n) is 14.5. The number of benzene rings is 1. The van der Waals surface area contributed by atoms with E-state index in [0.717, 1.165) is 12.0 Å². The minimum atomic E-state index is -0.0412. The summed E-state index contributed by atoms with van der Waals surface area (Å²) in [7, 11) is 0. The first kappa shape index (κ1) is 17.8. The van der Waals surface area contributed by atoms with Crippen molar-refractivity contribution in [3.63, 3.8) is 0 Å². The van der Waals surface area contributed by atoms with Crippen molar-refractivity contribution in [1.29, 1.82) is 5.26 Å². The molecule has 0 N–H and O–H groups in total. The van der Waals surface area contributed by atoms with Crippen LogP contribution < -0.4 is 0 Å². The van der Waals surface area contributed by atoms with Gasteiger partial charge in [-0.15, -0.1) is 6.58 Å². The lowest BCUT2D eigenvalue weighted by Gasteiger charge is -2.28. The van der Waals surface area contributed by atoms with Crippen LogP contribution in [0.4, 0.5) is 0 Å². The minimum absolute atomic E-state index is 0.0245. The SMILES string of the molecule is C=CCO[C@@H]1CCN(C(=O)c2ccc(C#N)cc2)[C@@H]1Cc1ccncc1. The fourth-order valence-electron chi connectivity index (χ4n) is 3.32. The Morgan fingerprint density at radius 3 is 2.69 bits per heavy atom. The van der Waals surface area contributed by atoms with E-state index in [1.165, 1.54) is 0 Å². The normalized spacial score (nSPS) is 19.1. The first-order chi connectivity index (χ1) is 12.7. The lowest BCUT2D eigenvalue weighted by Crippen LogP contribution is -2.42. The Morgan fingerprint density at radius 1 is 1.31 bits per heavy atom. The van der Waals surface area contributed by atoms with E-state index < -0.39 is 0 Å². The van der Waals surface area contributed by atoms with Crippen LogP contribution in [-0.4, -0.2) is 41.1 Å². The molecule has 26 heavy (non-hydrogen) atoms. The van der Waals surface area contributed by atoms with Crippen LogP contribution in [0.1, 0.15) is 27.9 Å². The lowest BCUT2D eigenvalue weighted by atomic mass is 10.0. The molecule has 132 valence electrons. The first-order valence-electron chi connectivity index (χ1n) is 8.65. The molecule has 0 saturated carbocycles. The summed E-state index contributed by atoms with van der Waals surface area (Å²) >= 11 is 0. The number of nitriles is 1. The minimum Gasteiger partial charge on any atom is -0.372 e. The van der Waals surface area contributed by atoms with Gasteiger partial charge in [-0.3, -0.25) is 9.78 Å². The maximum Gasteiger partial charge on any atom is 0.254 e. The molecule has 1 aliphatic heterocycles. The lowest BCUT2D eigenvalue weighted by molar-refractivity contribution is 0.0380. The summed E-state index contributed by atoms with van der Waals surface area (Å²) in [5.74, 6) is -0.0294. The van der Waals surface area contributed by atoms with Gasteiger partial charge in [0.25, 0.3) is 5.91 Å². The molecule has 1 amide bonds. The highest BCUT2D eigenvalue weighted by atomic mass is 16.5. The Balaban J connectivity index is 1.81. The second kappa shape index (κ2) is 8.41. The summed E-state index contributed by atoms with van der Waals surface area (Å²) < 4.78 is 5.92. The summed E-state index contributed by atoms with van der Waals surface area (Å²) in [5.41, 5.74) is 2.26. The van der Waals surface area contributed by atoms with Gasteiger partial charge in [0, 0.05) is 24.5 Å². The molecule has 0 spiro atoms. The van der Waals surface area contributed by atoms with Gasteiger partial charge in [0.05, 0.1) is 30.4 Å². The fourth-order valence-corrected chi connectivity index (χ4v) is 3.32. The van der Waals surface area contributed by atoms with Gasteiger partial charge in [-0.05, 0) is 54.8 Å². The van der Waals surface area contributed by atoms with Crippen molar-refractivity contribution in [2.45, 2.75) is 25.0 Å². The van der Waals surface area contributed by atoms with Crippen molar-refractivity contribution >= 4 is 5.91 Å². The number of carbonyl (C=O) groups is 1. The van der Waals surface area contributed by atoms with E-state index in [4.69, 9.17) is 10.00 Å². The van der Waals surface area contributed by atoms with Crippen molar-refractivity contribution < 1.29 is 9.53 Å². The summed E-state index contributed by atoms with van der Waals surface area (Å²) in [6.45, 7) is 4.83. The van der Waals surface area contributed by atoms with E-state index in [1.54, 1.807) is 42.7 Å². The van der Waals surface area contributed by atoms with Gasteiger partial charge >= 0.3 is 0 Å². The Hall–Kier alpha value is -2.97. The Morgan fingerprint density at radius 2 is 2.04 bits per heavy atom. The van der Waals surface area contributed by atoms with Crippen LogP contribution in [0.5, 0.6) is 0 Å².